The number of hydrogen-bond donors (Lipinski definition) is 1. The minimum atomic E-state index is -0.861. The van der Waals surface area contributed by atoms with Gasteiger partial charge in [0.2, 0.25) is 0 Å². The molecule has 2 aromatic carbocycles. The second-order valence-electron chi connectivity index (χ2n) is 12.9. The number of amides is 1. The van der Waals surface area contributed by atoms with Crippen LogP contribution in [-0.2, 0) is 13.0 Å². The van der Waals surface area contributed by atoms with E-state index in [0.717, 1.165) is 51.7 Å². The first kappa shape index (κ1) is 28.3. The predicted octanol–water partition coefficient (Wildman–Crippen LogP) is 5.78. The van der Waals surface area contributed by atoms with Gasteiger partial charge in [-0.3, -0.25) is 9.69 Å². The summed E-state index contributed by atoms with van der Waals surface area (Å²) in [5, 5.41) is 11.9. The van der Waals surface area contributed by atoms with Crippen molar-refractivity contribution >= 4 is 28.2 Å². The van der Waals surface area contributed by atoms with Crippen molar-refractivity contribution in [2.75, 3.05) is 42.6 Å². The smallest absolute Gasteiger partial charge is 0.318 e. The first-order valence-corrected chi connectivity index (χ1v) is 15.7. The average Bonchev–Trinajstić information content (AvgIpc) is 3.56. The average molecular weight is 592 g/mol. The third kappa shape index (κ3) is 4.87. The highest BCUT2D eigenvalue weighted by atomic mass is 19.1. The molecule has 4 aliphatic heterocycles. The van der Waals surface area contributed by atoms with Crippen molar-refractivity contribution < 1.29 is 23.4 Å². The Morgan fingerprint density at radius 1 is 1.14 bits per heavy atom. The minimum absolute atomic E-state index is 0.000132. The molecule has 3 aromatic rings. The zero-order chi connectivity index (χ0) is 29.9. The molecule has 8 nitrogen and oxygen atoms in total. The van der Waals surface area contributed by atoms with Crippen LogP contribution < -0.4 is 14.5 Å². The van der Waals surface area contributed by atoms with Crippen LogP contribution in [0.15, 0.2) is 24.3 Å². The minimum Gasteiger partial charge on any atom is -0.508 e. The third-order valence-electron chi connectivity index (χ3n) is 10.0. The highest BCUT2D eigenvalue weighted by Gasteiger charge is 2.49. The maximum Gasteiger partial charge on any atom is 0.318 e. The summed E-state index contributed by atoms with van der Waals surface area (Å²) in [4.78, 5) is 29.8. The van der Waals surface area contributed by atoms with Crippen LogP contribution in [0.4, 0.5) is 20.3 Å². The van der Waals surface area contributed by atoms with Crippen LogP contribution in [0.2, 0.25) is 0 Å². The molecule has 1 aromatic heterocycles. The van der Waals surface area contributed by atoms with Crippen molar-refractivity contribution in [2.45, 2.75) is 77.0 Å². The van der Waals surface area contributed by atoms with Gasteiger partial charge in [0.05, 0.1) is 23.5 Å². The van der Waals surface area contributed by atoms with E-state index in [9.17, 15) is 18.7 Å². The van der Waals surface area contributed by atoms with Gasteiger partial charge in [-0.1, -0.05) is 19.9 Å². The van der Waals surface area contributed by atoms with Crippen molar-refractivity contribution in [3.8, 4) is 11.8 Å². The Balaban J connectivity index is 1.29. The molecule has 0 aliphatic carbocycles. The number of fused-ring (bicyclic) bond motifs is 3. The van der Waals surface area contributed by atoms with E-state index in [0.29, 0.717) is 71.0 Å². The fourth-order valence-corrected chi connectivity index (χ4v) is 7.81. The molecule has 10 heteroatoms. The molecule has 228 valence electrons. The molecule has 0 spiro atoms. The number of nitrogens with zero attached hydrogens (tertiary/aromatic N) is 5. The fourth-order valence-electron chi connectivity index (χ4n) is 7.81. The molecule has 7 rings (SSSR count). The molecule has 3 fully saturated rings. The number of phenols is 1. The molecule has 0 saturated carbocycles. The Morgan fingerprint density at radius 3 is 2.84 bits per heavy atom. The van der Waals surface area contributed by atoms with Gasteiger partial charge in [-0.15, -0.1) is 0 Å². The van der Waals surface area contributed by atoms with Crippen molar-refractivity contribution in [1.29, 1.82) is 0 Å². The van der Waals surface area contributed by atoms with Crippen molar-refractivity contribution in [3.63, 3.8) is 0 Å². The highest BCUT2D eigenvalue weighted by molar-refractivity contribution is 6.16. The molecular formula is C33H39F2N5O3. The summed E-state index contributed by atoms with van der Waals surface area (Å²) in [6.07, 6.45) is 4.99. The molecule has 3 unspecified atom stereocenters. The Bertz CT molecular complexity index is 1580. The number of aromatic nitrogens is 2. The summed E-state index contributed by atoms with van der Waals surface area (Å²) < 4.78 is 35.7. The maximum atomic E-state index is 15.0. The summed E-state index contributed by atoms with van der Waals surface area (Å²) in [5.74, 6) is 0.517. The van der Waals surface area contributed by atoms with Crippen LogP contribution in [0.1, 0.15) is 74.0 Å². The van der Waals surface area contributed by atoms with E-state index < -0.39 is 6.17 Å². The molecule has 1 N–H and O–H groups in total. The molecule has 5 heterocycles. The molecule has 43 heavy (non-hydrogen) atoms. The zero-order valence-corrected chi connectivity index (χ0v) is 24.9. The van der Waals surface area contributed by atoms with Gasteiger partial charge in [0.15, 0.2) is 0 Å². The number of aromatic hydroxyl groups is 1. The van der Waals surface area contributed by atoms with Crippen LogP contribution in [0.3, 0.4) is 0 Å². The lowest BCUT2D eigenvalue weighted by atomic mass is 9.95. The Kier molecular flexibility index (Phi) is 7.15. The number of aryl methyl sites for hydroxylation is 1. The summed E-state index contributed by atoms with van der Waals surface area (Å²) in [6.45, 7) is 7.41. The normalized spacial score (nSPS) is 25.8. The number of hydrogen-bond acceptors (Lipinski definition) is 7. The summed E-state index contributed by atoms with van der Waals surface area (Å²) in [6, 6.07) is 6.36. The highest BCUT2D eigenvalue weighted by Crippen LogP contribution is 2.43. The van der Waals surface area contributed by atoms with Crippen LogP contribution in [0, 0.1) is 11.7 Å². The lowest BCUT2D eigenvalue weighted by Gasteiger charge is -2.31. The SMILES string of the molecule is CCc1c(F)ccc2cc(O)cc(N3Cc4nc(OCC56CCCN5CC(F)C6)nc(N5CCCC(C)CC5)c4C3=O)c12. The van der Waals surface area contributed by atoms with Gasteiger partial charge in [-0.25, -0.2) is 8.78 Å². The molecule has 3 saturated heterocycles. The standard InChI is InChI=1S/C33H39F2N5O3/c1-3-24-25(35)8-7-21-14-23(41)15-27(28(21)24)40-18-26-29(31(40)42)30(38-11-4-6-20(2)9-13-38)37-32(36-26)43-19-33-10-5-12-39(33)17-22(34)16-33/h7-8,14-15,20,22,41H,3-6,9-13,16-19H2,1-2H3. The molecule has 1 amide bonds. The van der Waals surface area contributed by atoms with Crippen molar-refractivity contribution in [3.05, 3.63) is 46.9 Å². The monoisotopic (exact) mass is 591 g/mol. The molecular weight excluding hydrogens is 552 g/mol. The fraction of sp³-hybridized carbons (Fsp3) is 0.545. The number of benzene rings is 2. The summed E-state index contributed by atoms with van der Waals surface area (Å²) in [5.41, 5.74) is 1.58. The van der Waals surface area contributed by atoms with Gasteiger partial charge in [0, 0.05) is 37.5 Å². The lowest BCUT2D eigenvalue weighted by Crippen LogP contribution is -2.43. The predicted molar refractivity (Wildman–Crippen MR) is 161 cm³/mol. The Labute approximate surface area is 250 Å². The van der Waals surface area contributed by atoms with Crippen LogP contribution in [-0.4, -0.2) is 70.4 Å². The zero-order valence-electron chi connectivity index (χ0n) is 24.9. The molecule has 3 atom stereocenters. The lowest BCUT2D eigenvalue weighted by molar-refractivity contribution is 0.0996. The second kappa shape index (κ2) is 10.9. The van der Waals surface area contributed by atoms with E-state index in [-0.39, 0.29) is 35.6 Å². The number of carbonyl (C=O) groups is 1. The molecule has 4 aliphatic rings. The molecule has 0 bridgehead atoms. The van der Waals surface area contributed by atoms with E-state index in [2.05, 4.69) is 16.7 Å². The maximum absolute atomic E-state index is 15.0. The van der Waals surface area contributed by atoms with Crippen LogP contribution >= 0.6 is 0 Å². The number of ether oxygens (including phenoxy) is 1. The number of alkyl halides is 1. The molecule has 0 radical (unpaired) electrons. The number of carbonyl (C=O) groups excluding carboxylic acids is 1. The van der Waals surface area contributed by atoms with Crippen molar-refractivity contribution in [2.24, 2.45) is 5.92 Å². The van der Waals surface area contributed by atoms with Gasteiger partial charge >= 0.3 is 6.01 Å². The first-order chi connectivity index (χ1) is 20.8. The van der Waals surface area contributed by atoms with Gasteiger partial charge in [0.25, 0.3) is 5.91 Å². The number of rotatable bonds is 6. The summed E-state index contributed by atoms with van der Waals surface area (Å²) in [7, 11) is 0. The quantitative estimate of drug-likeness (QED) is 0.389. The number of halogens is 2. The Morgan fingerprint density at radius 2 is 2.00 bits per heavy atom. The van der Waals surface area contributed by atoms with Gasteiger partial charge in [0.1, 0.15) is 35.7 Å². The largest absolute Gasteiger partial charge is 0.508 e. The van der Waals surface area contributed by atoms with E-state index in [1.807, 2.05) is 6.92 Å². The van der Waals surface area contributed by atoms with Gasteiger partial charge in [-0.2, -0.15) is 9.97 Å². The van der Waals surface area contributed by atoms with Crippen LogP contribution in [0.25, 0.3) is 10.8 Å². The van der Waals surface area contributed by atoms with Crippen LogP contribution in [0.5, 0.6) is 11.8 Å². The number of phenolic OH excluding ortho intramolecular Hbond substituents is 1. The number of anilines is 2. The first-order valence-electron chi connectivity index (χ1n) is 15.7. The topological polar surface area (TPSA) is 82.0 Å². The van der Waals surface area contributed by atoms with E-state index >= 15 is 0 Å². The third-order valence-corrected chi connectivity index (χ3v) is 10.0. The second-order valence-corrected chi connectivity index (χ2v) is 12.9. The van der Waals surface area contributed by atoms with E-state index in [1.54, 1.807) is 17.0 Å². The Hall–Kier alpha value is -3.53. The van der Waals surface area contributed by atoms with E-state index in [1.165, 1.54) is 12.1 Å². The summed E-state index contributed by atoms with van der Waals surface area (Å²) >= 11 is 0. The van der Waals surface area contributed by atoms with E-state index in [4.69, 9.17) is 14.7 Å². The van der Waals surface area contributed by atoms with Crippen molar-refractivity contribution in [1.82, 2.24) is 14.9 Å². The van der Waals surface area contributed by atoms with Gasteiger partial charge in [-0.05, 0) is 74.1 Å². The van der Waals surface area contributed by atoms with Gasteiger partial charge < -0.3 is 19.6 Å².